The number of Topliss-reactive ketones (excluding diaryl/α,β-unsaturated/α-hetero) is 1. The lowest BCUT2D eigenvalue weighted by molar-refractivity contribution is -0.112. The van der Waals surface area contributed by atoms with Crippen molar-refractivity contribution < 1.29 is 4.79 Å². The Bertz CT molecular complexity index is 738. The first-order valence-electron chi connectivity index (χ1n) is 8.82. The maximum atomic E-state index is 13.1. The standard InChI is InChI=1S/C23H24O/c1-2-18-13-14-21(16-19-9-5-3-6-10-19)23(24)22(15-18)17-20-11-7-4-8-12-20/h3-12,16-18H,2,13-15H2,1H3. The summed E-state index contributed by atoms with van der Waals surface area (Å²) in [5.41, 5.74) is 4.11. The molecule has 0 saturated heterocycles. The molecule has 3 rings (SSSR count). The number of rotatable bonds is 3. The van der Waals surface area contributed by atoms with Crippen molar-refractivity contribution in [1.29, 1.82) is 0 Å². The highest BCUT2D eigenvalue weighted by Crippen LogP contribution is 2.32. The van der Waals surface area contributed by atoms with Gasteiger partial charge < -0.3 is 0 Å². The van der Waals surface area contributed by atoms with Crippen molar-refractivity contribution in [2.75, 3.05) is 0 Å². The van der Waals surface area contributed by atoms with Gasteiger partial charge in [0.2, 0.25) is 0 Å². The molecule has 0 bridgehead atoms. The van der Waals surface area contributed by atoms with Gasteiger partial charge in [-0.05, 0) is 48.5 Å². The summed E-state index contributed by atoms with van der Waals surface area (Å²) in [7, 11) is 0. The van der Waals surface area contributed by atoms with Gasteiger partial charge in [-0.1, -0.05) is 74.0 Å². The normalized spacial score (nSPS) is 21.9. The lowest BCUT2D eigenvalue weighted by atomic mass is 9.94. The molecule has 1 aliphatic carbocycles. The predicted octanol–water partition coefficient (Wildman–Crippen LogP) is 5.93. The zero-order valence-corrected chi connectivity index (χ0v) is 14.2. The first-order valence-corrected chi connectivity index (χ1v) is 8.82. The third-order valence-electron chi connectivity index (χ3n) is 4.77. The largest absolute Gasteiger partial charge is 0.289 e. The highest BCUT2D eigenvalue weighted by molar-refractivity contribution is 6.13. The van der Waals surface area contributed by atoms with E-state index < -0.39 is 0 Å². The van der Waals surface area contributed by atoms with Gasteiger partial charge in [-0.3, -0.25) is 4.79 Å². The molecule has 0 heterocycles. The van der Waals surface area contributed by atoms with Gasteiger partial charge >= 0.3 is 0 Å². The van der Waals surface area contributed by atoms with Gasteiger partial charge in [-0.15, -0.1) is 0 Å². The molecule has 0 amide bonds. The molecule has 0 aliphatic heterocycles. The molecule has 0 aromatic heterocycles. The molecule has 2 aromatic rings. The predicted molar refractivity (Wildman–Crippen MR) is 101 cm³/mol. The second kappa shape index (κ2) is 7.92. The van der Waals surface area contributed by atoms with E-state index >= 15 is 0 Å². The van der Waals surface area contributed by atoms with Crippen molar-refractivity contribution in [3.8, 4) is 0 Å². The summed E-state index contributed by atoms with van der Waals surface area (Å²) in [5.74, 6) is 0.809. The van der Waals surface area contributed by atoms with Gasteiger partial charge in [0.25, 0.3) is 0 Å². The van der Waals surface area contributed by atoms with E-state index in [-0.39, 0.29) is 5.78 Å². The Kier molecular flexibility index (Phi) is 5.43. The molecular weight excluding hydrogens is 292 g/mol. The van der Waals surface area contributed by atoms with Crippen molar-refractivity contribution in [3.63, 3.8) is 0 Å². The lowest BCUT2D eigenvalue weighted by Gasteiger charge is -2.11. The van der Waals surface area contributed by atoms with E-state index in [9.17, 15) is 4.79 Å². The van der Waals surface area contributed by atoms with Crippen LogP contribution < -0.4 is 0 Å². The van der Waals surface area contributed by atoms with Crippen LogP contribution in [0.4, 0.5) is 0 Å². The van der Waals surface area contributed by atoms with Crippen LogP contribution >= 0.6 is 0 Å². The molecule has 122 valence electrons. The molecule has 24 heavy (non-hydrogen) atoms. The molecule has 0 spiro atoms. The molecule has 1 atom stereocenters. The van der Waals surface area contributed by atoms with E-state index in [0.717, 1.165) is 48.0 Å². The van der Waals surface area contributed by atoms with Gasteiger partial charge in [-0.25, -0.2) is 0 Å². The topological polar surface area (TPSA) is 17.1 Å². The Morgan fingerprint density at radius 1 is 0.875 bits per heavy atom. The van der Waals surface area contributed by atoms with E-state index in [2.05, 4.69) is 43.3 Å². The molecule has 1 fully saturated rings. The average Bonchev–Trinajstić information content (AvgIpc) is 2.77. The van der Waals surface area contributed by atoms with Crippen LogP contribution in [0.15, 0.2) is 71.8 Å². The molecule has 1 saturated carbocycles. The van der Waals surface area contributed by atoms with Crippen LogP contribution in [0.2, 0.25) is 0 Å². The first kappa shape index (κ1) is 16.4. The highest BCUT2D eigenvalue weighted by Gasteiger charge is 2.23. The molecule has 0 radical (unpaired) electrons. The number of ketones is 1. The van der Waals surface area contributed by atoms with Crippen LogP contribution in [0.3, 0.4) is 0 Å². The number of carbonyl (C=O) groups excluding carboxylic acids is 1. The van der Waals surface area contributed by atoms with E-state index in [1.807, 2.05) is 36.4 Å². The summed E-state index contributed by atoms with van der Waals surface area (Å²) in [6, 6.07) is 20.3. The van der Waals surface area contributed by atoms with Crippen LogP contribution in [0, 0.1) is 5.92 Å². The summed E-state index contributed by atoms with van der Waals surface area (Å²) in [6.45, 7) is 2.22. The summed E-state index contributed by atoms with van der Waals surface area (Å²) < 4.78 is 0. The Morgan fingerprint density at radius 3 is 1.96 bits per heavy atom. The summed E-state index contributed by atoms with van der Waals surface area (Å²) in [6.07, 6.45) is 8.12. The molecule has 1 nitrogen and oxygen atoms in total. The lowest BCUT2D eigenvalue weighted by Crippen LogP contribution is -2.05. The van der Waals surface area contributed by atoms with Gasteiger partial charge in [0, 0.05) is 11.1 Å². The summed E-state index contributed by atoms with van der Waals surface area (Å²) >= 11 is 0. The van der Waals surface area contributed by atoms with E-state index in [0.29, 0.717) is 5.92 Å². The molecule has 1 unspecified atom stereocenters. The summed E-state index contributed by atoms with van der Waals surface area (Å²) in [4.78, 5) is 13.1. The Hall–Kier alpha value is -2.41. The highest BCUT2D eigenvalue weighted by atomic mass is 16.1. The van der Waals surface area contributed by atoms with Crippen LogP contribution in [-0.2, 0) is 4.79 Å². The van der Waals surface area contributed by atoms with Crippen LogP contribution in [0.1, 0.15) is 43.7 Å². The average molecular weight is 316 g/mol. The Morgan fingerprint density at radius 2 is 1.42 bits per heavy atom. The van der Waals surface area contributed by atoms with E-state index in [1.54, 1.807) is 0 Å². The maximum Gasteiger partial charge on any atom is 0.185 e. The second-order valence-electron chi connectivity index (χ2n) is 6.51. The fraction of sp³-hybridized carbons (Fsp3) is 0.261. The number of benzene rings is 2. The van der Waals surface area contributed by atoms with Gasteiger partial charge in [0.05, 0.1) is 0 Å². The molecule has 2 aromatic carbocycles. The van der Waals surface area contributed by atoms with Gasteiger partial charge in [0.15, 0.2) is 5.78 Å². The SMILES string of the molecule is CCC1CCC(=Cc2ccccc2)C(=O)C(=Cc2ccccc2)C1. The van der Waals surface area contributed by atoms with Crippen molar-refractivity contribution in [2.24, 2.45) is 5.92 Å². The van der Waals surface area contributed by atoms with E-state index in [4.69, 9.17) is 0 Å². The monoisotopic (exact) mass is 316 g/mol. The quantitative estimate of drug-likeness (QED) is 0.506. The van der Waals surface area contributed by atoms with E-state index in [1.165, 1.54) is 0 Å². The van der Waals surface area contributed by atoms with Crippen LogP contribution in [0.5, 0.6) is 0 Å². The number of hydrogen-bond acceptors (Lipinski definition) is 1. The first-order chi connectivity index (χ1) is 11.8. The molecular formula is C23H24O. The maximum absolute atomic E-state index is 13.1. The van der Waals surface area contributed by atoms with Crippen molar-refractivity contribution in [1.82, 2.24) is 0 Å². The van der Waals surface area contributed by atoms with Crippen molar-refractivity contribution in [2.45, 2.75) is 32.6 Å². The van der Waals surface area contributed by atoms with Gasteiger partial charge in [0.1, 0.15) is 0 Å². The van der Waals surface area contributed by atoms with Crippen LogP contribution in [-0.4, -0.2) is 5.78 Å². The smallest absolute Gasteiger partial charge is 0.185 e. The number of allylic oxidation sites excluding steroid dienone is 2. The van der Waals surface area contributed by atoms with Crippen LogP contribution in [0.25, 0.3) is 12.2 Å². The zero-order valence-electron chi connectivity index (χ0n) is 14.2. The fourth-order valence-corrected chi connectivity index (χ4v) is 3.30. The Balaban J connectivity index is 1.96. The minimum Gasteiger partial charge on any atom is -0.289 e. The number of hydrogen-bond donors (Lipinski definition) is 0. The molecule has 1 heteroatoms. The fourth-order valence-electron chi connectivity index (χ4n) is 3.30. The third kappa shape index (κ3) is 4.11. The molecule has 0 N–H and O–H groups in total. The van der Waals surface area contributed by atoms with Gasteiger partial charge in [-0.2, -0.15) is 0 Å². The molecule has 1 aliphatic rings. The zero-order chi connectivity index (χ0) is 16.8. The minimum atomic E-state index is 0.221. The number of carbonyl (C=O) groups is 1. The second-order valence-corrected chi connectivity index (χ2v) is 6.51. The minimum absolute atomic E-state index is 0.221. The van der Waals surface area contributed by atoms with Crippen molar-refractivity contribution >= 4 is 17.9 Å². The van der Waals surface area contributed by atoms with Crippen molar-refractivity contribution in [3.05, 3.63) is 82.9 Å². The third-order valence-corrected chi connectivity index (χ3v) is 4.77. The Labute approximate surface area is 144 Å². The summed E-state index contributed by atoms with van der Waals surface area (Å²) in [5, 5.41) is 0.